The Bertz CT molecular complexity index is 1210. The van der Waals surface area contributed by atoms with Gasteiger partial charge in [0, 0.05) is 10.8 Å². The van der Waals surface area contributed by atoms with Crippen molar-refractivity contribution in [2.45, 2.75) is 0 Å². The fraction of sp³-hybridized carbons (Fsp3) is 0. The monoisotopic (exact) mass is 340 g/mol. The van der Waals surface area contributed by atoms with Crippen molar-refractivity contribution in [1.82, 2.24) is 0 Å². The summed E-state index contributed by atoms with van der Waals surface area (Å²) in [4.78, 5) is 47.2. The van der Waals surface area contributed by atoms with Gasteiger partial charge in [-0.15, -0.1) is 0 Å². The molecular weight excluding hydrogens is 340 g/mol. The van der Waals surface area contributed by atoms with Crippen LogP contribution in [0.4, 0.5) is 17.6 Å². The van der Waals surface area contributed by atoms with Gasteiger partial charge < -0.3 is 8.83 Å². The predicted molar refractivity (Wildman–Crippen MR) is 70.8 cm³/mol. The third-order valence-corrected chi connectivity index (χ3v) is 3.70. The van der Waals surface area contributed by atoms with Crippen molar-refractivity contribution in [3.63, 3.8) is 0 Å². The topological polar surface area (TPSA) is 94.6 Å². The molecule has 6 nitrogen and oxygen atoms in total. The van der Waals surface area contributed by atoms with Crippen LogP contribution in [0.15, 0.2) is 28.0 Å². The van der Waals surface area contributed by atoms with Crippen LogP contribution < -0.4 is 22.5 Å². The largest absolute Gasteiger partial charge is 0.386 e. The van der Waals surface area contributed by atoms with Crippen LogP contribution in [0.3, 0.4) is 0 Å². The SMILES string of the molecule is O=c1oc(=O)c2c(F)c(F)c1c1c3c(F)c(F)c(c(=O)oc3=O)c21. The van der Waals surface area contributed by atoms with Crippen LogP contribution in [0, 0.1) is 23.3 Å². The molecule has 6 aromatic rings. The van der Waals surface area contributed by atoms with Gasteiger partial charge in [-0.2, -0.15) is 0 Å². The molecule has 6 rings (SSSR count). The maximum atomic E-state index is 14.1. The average molecular weight is 340 g/mol. The maximum Gasteiger partial charge on any atom is 0.349 e. The fourth-order valence-electron chi connectivity index (χ4n) is 2.77. The van der Waals surface area contributed by atoms with Crippen molar-refractivity contribution in [2.75, 3.05) is 0 Å². The Morgan fingerprint density at radius 3 is 0.833 bits per heavy atom. The Balaban J connectivity index is 2.79. The van der Waals surface area contributed by atoms with E-state index >= 15 is 0 Å². The van der Waals surface area contributed by atoms with Gasteiger partial charge in [0.25, 0.3) is 0 Å². The minimum atomic E-state index is -1.89. The summed E-state index contributed by atoms with van der Waals surface area (Å²) < 4.78 is 64.7. The number of hydrogen-bond donors (Lipinski definition) is 0. The van der Waals surface area contributed by atoms with E-state index in [1.54, 1.807) is 0 Å². The standard InChI is InChI=1S/C14F4O6/c15-7-3-1-2(5(9(7)17)13(21)23-11(3)19)6-10(18)8(16)4(1)12(20)24-14(6)22. The number of halogens is 4. The Morgan fingerprint density at radius 1 is 0.417 bits per heavy atom. The Hall–Kier alpha value is -3.30. The molecule has 4 aromatic heterocycles. The molecule has 0 saturated carbocycles. The molecule has 0 spiro atoms. The lowest BCUT2D eigenvalue weighted by Crippen LogP contribution is -2.05. The molecule has 10 heteroatoms. The molecule has 0 N–H and O–H groups in total. The molecule has 24 heavy (non-hydrogen) atoms. The van der Waals surface area contributed by atoms with E-state index in [2.05, 4.69) is 8.83 Å². The molecule has 0 radical (unpaired) electrons. The Kier molecular flexibility index (Phi) is 2.48. The average Bonchev–Trinajstić information content (AvgIpc) is 2.74. The first-order valence-electron chi connectivity index (χ1n) is 6.14. The number of hydrogen-bond acceptors (Lipinski definition) is 6. The van der Waals surface area contributed by atoms with Crippen LogP contribution in [0.2, 0.25) is 0 Å². The third-order valence-electron chi connectivity index (χ3n) is 3.70. The molecule has 0 unspecified atom stereocenters. The van der Waals surface area contributed by atoms with Crippen molar-refractivity contribution in [2.24, 2.45) is 0 Å². The zero-order valence-electron chi connectivity index (χ0n) is 11.0. The first-order chi connectivity index (χ1) is 11.3. The van der Waals surface area contributed by atoms with Crippen molar-refractivity contribution < 1.29 is 26.4 Å². The van der Waals surface area contributed by atoms with Gasteiger partial charge in [-0.1, -0.05) is 0 Å². The van der Waals surface area contributed by atoms with Crippen LogP contribution >= 0.6 is 0 Å². The molecule has 0 aliphatic heterocycles. The van der Waals surface area contributed by atoms with E-state index in [9.17, 15) is 36.7 Å². The van der Waals surface area contributed by atoms with Crippen molar-refractivity contribution in [1.29, 1.82) is 0 Å². The van der Waals surface area contributed by atoms with E-state index in [1.807, 2.05) is 0 Å². The van der Waals surface area contributed by atoms with Crippen LogP contribution in [0.5, 0.6) is 0 Å². The van der Waals surface area contributed by atoms with Gasteiger partial charge in [0.1, 0.15) is 21.5 Å². The molecule has 4 heterocycles. The molecule has 4 bridgehead atoms. The van der Waals surface area contributed by atoms with Gasteiger partial charge in [-0.25, -0.2) is 36.7 Å². The summed E-state index contributed by atoms with van der Waals surface area (Å²) in [6.07, 6.45) is 0. The summed E-state index contributed by atoms with van der Waals surface area (Å²) in [6, 6.07) is 0. The van der Waals surface area contributed by atoms with E-state index in [1.165, 1.54) is 0 Å². The Morgan fingerprint density at radius 2 is 0.625 bits per heavy atom. The van der Waals surface area contributed by atoms with Crippen LogP contribution in [0.25, 0.3) is 32.3 Å². The second-order valence-corrected chi connectivity index (χ2v) is 4.86. The van der Waals surface area contributed by atoms with E-state index in [-0.39, 0.29) is 0 Å². The molecule has 0 aliphatic carbocycles. The fourth-order valence-corrected chi connectivity index (χ4v) is 2.77. The smallest absolute Gasteiger partial charge is 0.349 e. The van der Waals surface area contributed by atoms with Crippen LogP contribution in [-0.2, 0) is 0 Å². The summed E-state index contributed by atoms with van der Waals surface area (Å²) >= 11 is 0. The first-order valence-corrected chi connectivity index (χ1v) is 6.14. The second-order valence-electron chi connectivity index (χ2n) is 4.86. The highest BCUT2D eigenvalue weighted by Gasteiger charge is 2.31. The van der Waals surface area contributed by atoms with E-state index in [4.69, 9.17) is 0 Å². The molecular formula is C14F4O6. The molecule has 0 amide bonds. The van der Waals surface area contributed by atoms with Crippen molar-refractivity contribution in [3.8, 4) is 0 Å². The maximum absolute atomic E-state index is 14.1. The molecule has 120 valence electrons. The number of rotatable bonds is 0. The van der Waals surface area contributed by atoms with Gasteiger partial charge in [0.15, 0.2) is 23.3 Å². The lowest BCUT2D eigenvalue weighted by Gasteiger charge is -2.05. The van der Waals surface area contributed by atoms with Crippen molar-refractivity contribution >= 4 is 32.3 Å². The van der Waals surface area contributed by atoms with Crippen LogP contribution in [-0.4, -0.2) is 0 Å². The number of benzene rings is 2. The molecule has 2 aromatic carbocycles. The summed E-state index contributed by atoms with van der Waals surface area (Å²) in [5.41, 5.74) is -6.88. The van der Waals surface area contributed by atoms with Gasteiger partial charge in [0.05, 0.1) is 0 Å². The highest BCUT2D eigenvalue weighted by atomic mass is 19.2. The summed E-state index contributed by atoms with van der Waals surface area (Å²) in [6.45, 7) is 0. The molecule has 0 fully saturated rings. The summed E-state index contributed by atoms with van der Waals surface area (Å²) in [5, 5.41) is -7.13. The quantitative estimate of drug-likeness (QED) is 0.447. The van der Waals surface area contributed by atoms with E-state index in [0.29, 0.717) is 0 Å². The first kappa shape index (κ1) is 14.3. The second kappa shape index (κ2) is 4.16. The molecule has 0 saturated heterocycles. The lowest BCUT2D eigenvalue weighted by molar-refractivity contribution is 0.489. The van der Waals surface area contributed by atoms with Crippen LogP contribution in [0.1, 0.15) is 0 Å². The zero-order chi connectivity index (χ0) is 17.5. The summed E-state index contributed by atoms with van der Waals surface area (Å²) in [5.74, 6) is -7.58. The summed E-state index contributed by atoms with van der Waals surface area (Å²) in [7, 11) is 0. The molecule has 0 aliphatic rings. The van der Waals surface area contributed by atoms with E-state index < -0.39 is 78.1 Å². The van der Waals surface area contributed by atoms with Gasteiger partial charge in [0.2, 0.25) is 0 Å². The highest BCUT2D eigenvalue weighted by Crippen LogP contribution is 2.35. The lowest BCUT2D eigenvalue weighted by atomic mass is 9.98. The predicted octanol–water partition coefficient (Wildman–Crippen LogP) is 1.21. The van der Waals surface area contributed by atoms with Gasteiger partial charge >= 0.3 is 22.5 Å². The minimum absolute atomic E-state index is 0.954. The van der Waals surface area contributed by atoms with Crippen molar-refractivity contribution in [3.05, 3.63) is 64.9 Å². The zero-order valence-corrected chi connectivity index (χ0v) is 11.0. The third kappa shape index (κ3) is 1.40. The highest BCUT2D eigenvalue weighted by molar-refractivity contribution is 6.22. The Labute approximate surface area is 124 Å². The van der Waals surface area contributed by atoms with Gasteiger partial charge in [-0.05, 0) is 0 Å². The van der Waals surface area contributed by atoms with Gasteiger partial charge in [-0.3, -0.25) is 0 Å². The van der Waals surface area contributed by atoms with E-state index in [0.717, 1.165) is 0 Å². The number of fused-ring (bicyclic) bond motifs is 6. The normalized spacial score (nSPS) is 12.0. The minimum Gasteiger partial charge on any atom is -0.386 e. The molecule has 0 atom stereocenters.